The van der Waals surface area contributed by atoms with Gasteiger partial charge in [0.1, 0.15) is 5.75 Å². The van der Waals surface area contributed by atoms with E-state index in [1.54, 1.807) is 0 Å². The molecular weight excluding hydrogens is 336 g/mol. The first-order valence-corrected chi connectivity index (χ1v) is 11.0. The van der Waals surface area contributed by atoms with Gasteiger partial charge in [0, 0.05) is 6.61 Å². The maximum atomic E-state index is 10.8. The van der Waals surface area contributed by atoms with Crippen LogP contribution in [0.25, 0.3) is 0 Å². The topological polar surface area (TPSA) is 60.7 Å². The average Bonchev–Trinajstić information content (AvgIpc) is 2.64. The third-order valence-corrected chi connectivity index (χ3v) is 6.57. The third-order valence-electron chi connectivity index (χ3n) is 6.57. The van der Waals surface area contributed by atoms with Crippen LogP contribution in [0, 0.1) is 5.92 Å². The summed E-state index contributed by atoms with van der Waals surface area (Å²) >= 11 is 0. The van der Waals surface area contributed by atoms with Gasteiger partial charge in [0.25, 0.3) is 0 Å². The fourth-order valence-corrected chi connectivity index (χ4v) is 4.71. The molecule has 1 fully saturated rings. The predicted molar refractivity (Wildman–Crippen MR) is 112 cm³/mol. The van der Waals surface area contributed by atoms with Gasteiger partial charge in [-0.05, 0) is 73.0 Å². The highest BCUT2D eigenvalue weighted by atomic mass is 16.3. The molecule has 154 valence electrons. The summed E-state index contributed by atoms with van der Waals surface area (Å²) in [6.45, 7) is 6.98. The van der Waals surface area contributed by atoms with Crippen molar-refractivity contribution in [3.8, 4) is 5.75 Å². The Kier molecular flexibility index (Phi) is 8.62. The molecule has 0 amide bonds. The summed E-state index contributed by atoms with van der Waals surface area (Å²) in [5.74, 6) is 0.989. The number of hydrogen-bond acceptors (Lipinski definition) is 3. The molecule has 0 aromatic heterocycles. The Bertz CT molecular complexity index is 565. The van der Waals surface area contributed by atoms with Gasteiger partial charge in [-0.1, -0.05) is 58.6 Å². The fourth-order valence-electron chi connectivity index (χ4n) is 4.71. The summed E-state index contributed by atoms with van der Waals surface area (Å²) in [5.41, 5.74) is 2.23. The second kappa shape index (κ2) is 10.5. The van der Waals surface area contributed by atoms with Gasteiger partial charge in [-0.15, -0.1) is 0 Å². The van der Waals surface area contributed by atoms with Crippen LogP contribution in [0.4, 0.5) is 0 Å². The van der Waals surface area contributed by atoms with Gasteiger partial charge in [-0.25, -0.2) is 0 Å². The highest BCUT2D eigenvalue weighted by Crippen LogP contribution is 2.44. The van der Waals surface area contributed by atoms with Crippen molar-refractivity contribution in [2.75, 3.05) is 6.61 Å². The van der Waals surface area contributed by atoms with E-state index in [0.29, 0.717) is 18.1 Å². The summed E-state index contributed by atoms with van der Waals surface area (Å²) in [6, 6.07) is 6.23. The Morgan fingerprint density at radius 3 is 2.52 bits per heavy atom. The van der Waals surface area contributed by atoms with E-state index in [1.807, 2.05) is 6.07 Å². The first-order valence-electron chi connectivity index (χ1n) is 11.0. The third kappa shape index (κ3) is 6.22. The number of aliphatic hydroxyl groups is 2. The number of phenolic OH excluding ortho intramolecular Hbond substituents is 1. The van der Waals surface area contributed by atoms with E-state index in [9.17, 15) is 15.3 Å². The lowest BCUT2D eigenvalue weighted by atomic mass is 9.71. The van der Waals surface area contributed by atoms with Crippen LogP contribution in [0.3, 0.4) is 0 Å². The molecule has 3 heteroatoms. The number of benzene rings is 1. The van der Waals surface area contributed by atoms with E-state index in [2.05, 4.69) is 32.9 Å². The molecule has 1 aromatic carbocycles. The fraction of sp³-hybridized carbons (Fsp3) is 0.750. The minimum Gasteiger partial charge on any atom is -0.508 e. The largest absolute Gasteiger partial charge is 0.508 e. The molecule has 27 heavy (non-hydrogen) atoms. The minimum absolute atomic E-state index is 0.0616. The smallest absolute Gasteiger partial charge is 0.119 e. The van der Waals surface area contributed by atoms with E-state index in [0.717, 1.165) is 37.7 Å². The summed E-state index contributed by atoms with van der Waals surface area (Å²) < 4.78 is 0. The Balaban J connectivity index is 2.13. The lowest BCUT2D eigenvalue weighted by molar-refractivity contribution is 0.0879. The Morgan fingerprint density at radius 1 is 1.07 bits per heavy atom. The van der Waals surface area contributed by atoms with Crippen LogP contribution in [0.1, 0.15) is 102 Å². The molecule has 3 nitrogen and oxygen atoms in total. The summed E-state index contributed by atoms with van der Waals surface area (Å²) in [4.78, 5) is 0. The van der Waals surface area contributed by atoms with Gasteiger partial charge in [0.2, 0.25) is 0 Å². The zero-order valence-corrected chi connectivity index (χ0v) is 17.6. The van der Waals surface area contributed by atoms with Gasteiger partial charge in [-0.3, -0.25) is 0 Å². The monoisotopic (exact) mass is 376 g/mol. The highest BCUT2D eigenvalue weighted by molar-refractivity contribution is 5.42. The van der Waals surface area contributed by atoms with Crippen LogP contribution < -0.4 is 0 Å². The molecule has 3 N–H and O–H groups in total. The van der Waals surface area contributed by atoms with Crippen LogP contribution in [-0.4, -0.2) is 28.0 Å². The number of phenols is 1. The number of hydrogen-bond donors (Lipinski definition) is 3. The SMILES string of the molecule is CCCCCCC(C)(C)c1ccc(C2CC(O)CC[C@H]2CCCO)c(O)c1. The zero-order chi connectivity index (χ0) is 19.9. The Hall–Kier alpha value is -1.06. The van der Waals surface area contributed by atoms with Crippen LogP contribution >= 0.6 is 0 Å². The predicted octanol–water partition coefficient (Wildman–Crippen LogP) is 5.66. The number of rotatable bonds is 10. The lowest BCUT2D eigenvalue weighted by Crippen LogP contribution is -2.27. The quantitative estimate of drug-likeness (QED) is 0.462. The molecule has 1 aliphatic carbocycles. The first kappa shape index (κ1) is 22.2. The molecule has 0 spiro atoms. The van der Waals surface area contributed by atoms with Crippen molar-refractivity contribution in [2.45, 2.75) is 102 Å². The highest BCUT2D eigenvalue weighted by Gasteiger charge is 2.32. The summed E-state index contributed by atoms with van der Waals surface area (Å²) in [5, 5.41) is 30.2. The van der Waals surface area contributed by atoms with E-state index < -0.39 is 0 Å². The Morgan fingerprint density at radius 2 is 1.85 bits per heavy atom. The van der Waals surface area contributed by atoms with Gasteiger partial charge in [0.05, 0.1) is 6.10 Å². The second-order valence-electron chi connectivity index (χ2n) is 9.17. The normalized spacial score (nSPS) is 23.5. The van der Waals surface area contributed by atoms with Crippen LogP contribution in [0.2, 0.25) is 0 Å². The van der Waals surface area contributed by atoms with Gasteiger partial charge >= 0.3 is 0 Å². The molecule has 1 aromatic rings. The summed E-state index contributed by atoms with van der Waals surface area (Å²) in [6.07, 6.45) is 10.1. The van der Waals surface area contributed by atoms with Crippen molar-refractivity contribution in [2.24, 2.45) is 5.92 Å². The zero-order valence-electron chi connectivity index (χ0n) is 17.6. The first-order chi connectivity index (χ1) is 12.9. The molecule has 0 radical (unpaired) electrons. The van der Waals surface area contributed by atoms with Crippen LogP contribution in [0.5, 0.6) is 5.75 Å². The number of aliphatic hydroxyl groups excluding tert-OH is 2. The van der Waals surface area contributed by atoms with Crippen molar-refractivity contribution in [3.63, 3.8) is 0 Å². The van der Waals surface area contributed by atoms with Crippen molar-refractivity contribution in [3.05, 3.63) is 29.3 Å². The second-order valence-corrected chi connectivity index (χ2v) is 9.17. The molecule has 0 bridgehead atoms. The average molecular weight is 377 g/mol. The van der Waals surface area contributed by atoms with Gasteiger partial charge < -0.3 is 15.3 Å². The number of unbranched alkanes of at least 4 members (excludes halogenated alkanes) is 3. The standard InChI is InChI=1S/C24H40O3/c1-4-5-6-7-14-24(2,3)19-11-13-21(23(27)16-19)22-17-20(26)12-10-18(22)9-8-15-25/h11,13,16,18,20,22,25-27H,4-10,12,14-15,17H2,1-3H3/t18-,20?,22?/m1/s1. The van der Waals surface area contributed by atoms with Gasteiger partial charge in [0.15, 0.2) is 0 Å². The minimum atomic E-state index is -0.283. The number of aromatic hydroxyl groups is 1. The van der Waals surface area contributed by atoms with Gasteiger partial charge in [-0.2, -0.15) is 0 Å². The molecule has 0 saturated heterocycles. The van der Waals surface area contributed by atoms with E-state index >= 15 is 0 Å². The molecular formula is C24H40O3. The summed E-state index contributed by atoms with van der Waals surface area (Å²) in [7, 11) is 0. The van der Waals surface area contributed by atoms with Crippen molar-refractivity contribution in [1.82, 2.24) is 0 Å². The molecule has 0 aliphatic heterocycles. The van der Waals surface area contributed by atoms with E-state index in [-0.39, 0.29) is 24.0 Å². The van der Waals surface area contributed by atoms with Crippen LogP contribution in [-0.2, 0) is 5.41 Å². The maximum Gasteiger partial charge on any atom is 0.119 e. The van der Waals surface area contributed by atoms with Crippen molar-refractivity contribution >= 4 is 0 Å². The molecule has 2 unspecified atom stereocenters. The lowest BCUT2D eigenvalue weighted by Gasteiger charge is -2.35. The molecule has 1 aliphatic rings. The van der Waals surface area contributed by atoms with E-state index in [4.69, 9.17) is 0 Å². The van der Waals surface area contributed by atoms with Crippen molar-refractivity contribution < 1.29 is 15.3 Å². The maximum absolute atomic E-state index is 10.8. The molecule has 1 saturated carbocycles. The molecule has 3 atom stereocenters. The van der Waals surface area contributed by atoms with Crippen LogP contribution in [0.15, 0.2) is 18.2 Å². The van der Waals surface area contributed by atoms with E-state index in [1.165, 1.54) is 31.2 Å². The molecule has 2 rings (SSSR count). The Labute approximate surface area is 165 Å². The van der Waals surface area contributed by atoms with Crippen molar-refractivity contribution in [1.29, 1.82) is 0 Å². The molecule has 0 heterocycles.